The second-order valence-corrected chi connectivity index (χ2v) is 5.14. The number of hydrogen-bond donors (Lipinski definition) is 1. The number of aromatic nitrogens is 1. The van der Waals surface area contributed by atoms with Crippen LogP contribution in [0.4, 0.5) is 11.4 Å². The zero-order valence-electron chi connectivity index (χ0n) is 11.4. The molecule has 0 spiro atoms. The van der Waals surface area contributed by atoms with Gasteiger partial charge in [-0.3, -0.25) is 9.78 Å². The van der Waals surface area contributed by atoms with E-state index in [1.165, 1.54) is 5.56 Å². The van der Waals surface area contributed by atoms with Crippen molar-refractivity contribution < 1.29 is 4.79 Å². The maximum atomic E-state index is 12.0. The second-order valence-electron chi connectivity index (χ2n) is 5.14. The van der Waals surface area contributed by atoms with E-state index in [9.17, 15) is 4.79 Å². The molecule has 1 atom stereocenters. The van der Waals surface area contributed by atoms with Gasteiger partial charge in [0.15, 0.2) is 0 Å². The molecule has 1 aromatic carbocycles. The first-order valence-corrected chi connectivity index (χ1v) is 6.78. The number of anilines is 2. The number of nitrogens with zero attached hydrogens (tertiary/aromatic N) is 2. The summed E-state index contributed by atoms with van der Waals surface area (Å²) in [6.45, 7) is 3.45. The minimum Gasteiger partial charge on any atom is -0.365 e. The lowest BCUT2D eigenvalue weighted by atomic mass is 10.1. The number of nitrogens with one attached hydrogen (secondary N) is 1. The van der Waals surface area contributed by atoms with Crippen LogP contribution in [-0.4, -0.2) is 17.4 Å². The average Bonchev–Trinajstić information content (AvgIpc) is 2.58. The summed E-state index contributed by atoms with van der Waals surface area (Å²) in [5, 5.41) is 2.99. The van der Waals surface area contributed by atoms with E-state index in [4.69, 9.17) is 0 Å². The number of para-hydroxylation sites is 2. The van der Waals surface area contributed by atoms with E-state index in [0.717, 1.165) is 17.9 Å². The van der Waals surface area contributed by atoms with Gasteiger partial charge in [0.05, 0.1) is 17.3 Å². The van der Waals surface area contributed by atoms with Gasteiger partial charge in [-0.1, -0.05) is 19.1 Å². The van der Waals surface area contributed by atoms with Crippen molar-refractivity contribution in [3.63, 3.8) is 0 Å². The van der Waals surface area contributed by atoms with E-state index < -0.39 is 0 Å². The molecule has 0 radical (unpaired) electrons. The zero-order valence-corrected chi connectivity index (χ0v) is 11.4. The molecule has 1 N–H and O–H groups in total. The maximum absolute atomic E-state index is 12.0. The minimum absolute atomic E-state index is 0.0377. The molecular formula is C16H17N3O. The van der Waals surface area contributed by atoms with Crippen molar-refractivity contribution in [1.29, 1.82) is 0 Å². The van der Waals surface area contributed by atoms with Crippen LogP contribution in [0.5, 0.6) is 0 Å². The van der Waals surface area contributed by atoms with Crippen molar-refractivity contribution in [3.05, 3.63) is 54.4 Å². The predicted octanol–water partition coefficient (Wildman–Crippen LogP) is 2.68. The smallest absolute Gasteiger partial charge is 0.229 e. The van der Waals surface area contributed by atoms with Crippen LogP contribution in [0.25, 0.3) is 0 Å². The molecule has 3 rings (SSSR count). The van der Waals surface area contributed by atoms with Crippen molar-refractivity contribution in [2.24, 2.45) is 5.92 Å². The summed E-state index contributed by atoms with van der Waals surface area (Å²) in [5.41, 5.74) is 3.15. The van der Waals surface area contributed by atoms with Gasteiger partial charge in [-0.25, -0.2) is 0 Å². The van der Waals surface area contributed by atoms with Crippen LogP contribution >= 0.6 is 0 Å². The summed E-state index contributed by atoms with van der Waals surface area (Å²) >= 11 is 0. The summed E-state index contributed by atoms with van der Waals surface area (Å²) in [7, 11) is 0. The molecule has 0 fully saturated rings. The Morgan fingerprint density at radius 2 is 2.00 bits per heavy atom. The Balaban J connectivity index is 1.94. The van der Waals surface area contributed by atoms with Gasteiger partial charge < -0.3 is 10.2 Å². The van der Waals surface area contributed by atoms with Gasteiger partial charge in [0.25, 0.3) is 0 Å². The number of carbonyl (C=O) groups is 1. The van der Waals surface area contributed by atoms with Gasteiger partial charge in [-0.15, -0.1) is 0 Å². The molecule has 1 aliphatic rings. The van der Waals surface area contributed by atoms with Crippen molar-refractivity contribution in [2.45, 2.75) is 13.5 Å². The summed E-state index contributed by atoms with van der Waals surface area (Å²) < 4.78 is 0. The van der Waals surface area contributed by atoms with E-state index in [1.54, 1.807) is 12.4 Å². The molecule has 2 heterocycles. The van der Waals surface area contributed by atoms with E-state index in [2.05, 4.69) is 21.3 Å². The Labute approximate surface area is 118 Å². The van der Waals surface area contributed by atoms with Crippen LogP contribution in [0, 0.1) is 5.92 Å². The highest BCUT2D eigenvalue weighted by Crippen LogP contribution is 2.30. The molecule has 4 nitrogen and oxygen atoms in total. The summed E-state index contributed by atoms with van der Waals surface area (Å²) in [6, 6.07) is 12.0. The summed E-state index contributed by atoms with van der Waals surface area (Å²) in [6.07, 6.45) is 3.60. The number of benzene rings is 1. The van der Waals surface area contributed by atoms with E-state index >= 15 is 0 Å². The summed E-state index contributed by atoms with van der Waals surface area (Å²) in [4.78, 5) is 18.3. The van der Waals surface area contributed by atoms with Crippen molar-refractivity contribution in [1.82, 2.24) is 4.98 Å². The first-order valence-electron chi connectivity index (χ1n) is 6.78. The van der Waals surface area contributed by atoms with Crippen molar-refractivity contribution >= 4 is 17.3 Å². The van der Waals surface area contributed by atoms with Gasteiger partial charge in [0.1, 0.15) is 0 Å². The third-order valence-electron chi connectivity index (χ3n) is 3.57. The standard InChI is InChI=1S/C16H17N3O/c1-12-10-19(11-13-6-8-17-9-7-13)15-5-3-2-4-14(15)18-16(12)20/h2-9,12H,10-11H2,1H3,(H,18,20). The topological polar surface area (TPSA) is 45.2 Å². The molecule has 0 saturated carbocycles. The fraction of sp³-hybridized carbons (Fsp3) is 0.250. The number of carbonyl (C=O) groups excluding carboxylic acids is 1. The normalized spacial score (nSPS) is 18.1. The monoisotopic (exact) mass is 267 g/mol. The third-order valence-corrected chi connectivity index (χ3v) is 3.57. The molecule has 20 heavy (non-hydrogen) atoms. The quantitative estimate of drug-likeness (QED) is 0.910. The van der Waals surface area contributed by atoms with Crippen molar-refractivity contribution in [3.8, 4) is 0 Å². The van der Waals surface area contributed by atoms with E-state index in [-0.39, 0.29) is 11.8 Å². The highest BCUT2D eigenvalue weighted by atomic mass is 16.1. The Morgan fingerprint density at radius 3 is 2.80 bits per heavy atom. The SMILES string of the molecule is CC1CN(Cc2ccncc2)c2ccccc2NC1=O. The van der Waals surface area contributed by atoms with Gasteiger partial charge in [-0.2, -0.15) is 0 Å². The van der Waals surface area contributed by atoms with Gasteiger partial charge >= 0.3 is 0 Å². The second kappa shape index (κ2) is 5.33. The fourth-order valence-corrected chi connectivity index (χ4v) is 2.48. The molecule has 1 amide bonds. The van der Waals surface area contributed by atoms with Gasteiger partial charge in [0, 0.05) is 25.5 Å². The Morgan fingerprint density at radius 1 is 1.25 bits per heavy atom. The number of rotatable bonds is 2. The van der Waals surface area contributed by atoms with E-state index in [1.807, 2.05) is 37.3 Å². The van der Waals surface area contributed by atoms with Crippen LogP contribution < -0.4 is 10.2 Å². The first-order chi connectivity index (χ1) is 9.74. The molecule has 0 bridgehead atoms. The van der Waals surface area contributed by atoms with Gasteiger partial charge in [-0.05, 0) is 29.8 Å². The third kappa shape index (κ3) is 2.50. The van der Waals surface area contributed by atoms with Crippen LogP contribution in [0.3, 0.4) is 0 Å². The van der Waals surface area contributed by atoms with Gasteiger partial charge in [0.2, 0.25) is 5.91 Å². The highest BCUT2D eigenvalue weighted by Gasteiger charge is 2.24. The van der Waals surface area contributed by atoms with Crippen molar-refractivity contribution in [2.75, 3.05) is 16.8 Å². The predicted molar refractivity (Wildman–Crippen MR) is 79.5 cm³/mol. The number of amides is 1. The van der Waals surface area contributed by atoms with E-state index in [0.29, 0.717) is 6.54 Å². The average molecular weight is 267 g/mol. The summed E-state index contributed by atoms with van der Waals surface area (Å²) in [5.74, 6) is 0.0407. The number of fused-ring (bicyclic) bond motifs is 1. The molecule has 1 aliphatic heterocycles. The van der Waals surface area contributed by atoms with Crippen LogP contribution in [0.1, 0.15) is 12.5 Å². The lowest BCUT2D eigenvalue weighted by molar-refractivity contribution is -0.119. The van der Waals surface area contributed by atoms with Crippen LogP contribution in [0.2, 0.25) is 0 Å². The number of pyridine rings is 1. The Bertz CT molecular complexity index is 612. The maximum Gasteiger partial charge on any atom is 0.229 e. The lowest BCUT2D eigenvalue weighted by Gasteiger charge is -2.25. The molecule has 0 saturated heterocycles. The number of hydrogen-bond acceptors (Lipinski definition) is 3. The molecule has 4 heteroatoms. The fourth-order valence-electron chi connectivity index (χ4n) is 2.48. The zero-order chi connectivity index (χ0) is 13.9. The Hall–Kier alpha value is -2.36. The molecule has 1 aromatic heterocycles. The largest absolute Gasteiger partial charge is 0.365 e. The lowest BCUT2D eigenvalue weighted by Crippen LogP contribution is -2.30. The molecular weight excluding hydrogens is 250 g/mol. The Kier molecular flexibility index (Phi) is 3.37. The molecule has 102 valence electrons. The van der Waals surface area contributed by atoms with Crippen LogP contribution in [-0.2, 0) is 11.3 Å². The minimum atomic E-state index is -0.0377. The highest BCUT2D eigenvalue weighted by molar-refractivity contribution is 5.97. The first kappa shape index (κ1) is 12.7. The molecule has 2 aromatic rings. The molecule has 1 unspecified atom stereocenters. The molecule has 0 aliphatic carbocycles. The van der Waals surface area contributed by atoms with Crippen LogP contribution in [0.15, 0.2) is 48.8 Å².